The first-order chi connectivity index (χ1) is 8.66. The molecule has 0 aromatic heterocycles. The average Bonchev–Trinajstić information content (AvgIpc) is 2.40. The van der Waals surface area contributed by atoms with Gasteiger partial charge in [-0.25, -0.2) is 0 Å². The number of rotatable bonds is 4. The van der Waals surface area contributed by atoms with Crippen LogP contribution in [-0.2, 0) is 4.79 Å². The predicted molar refractivity (Wildman–Crippen MR) is 73.5 cm³/mol. The topological polar surface area (TPSA) is 49.6 Å². The number of amides is 1. The summed E-state index contributed by atoms with van der Waals surface area (Å²) in [5, 5.41) is 0. The molecule has 1 amide bonds. The highest BCUT2D eigenvalue weighted by Gasteiger charge is 2.20. The van der Waals surface area contributed by atoms with Crippen LogP contribution in [0.4, 0.5) is 5.69 Å². The van der Waals surface area contributed by atoms with Crippen molar-refractivity contribution in [2.75, 3.05) is 37.6 Å². The number of carbonyl (C=O) groups excluding carboxylic acids is 1. The molecule has 0 radical (unpaired) electrons. The van der Waals surface area contributed by atoms with E-state index < -0.39 is 0 Å². The fraction of sp³-hybridized carbons (Fsp3) is 0.500. The molecule has 1 aliphatic rings. The number of para-hydroxylation sites is 1. The molecule has 0 bridgehead atoms. The maximum absolute atomic E-state index is 11.0. The van der Waals surface area contributed by atoms with Crippen molar-refractivity contribution in [3.05, 3.63) is 30.3 Å². The largest absolute Gasteiger partial charge is 0.369 e. The average molecular weight is 247 g/mol. The minimum atomic E-state index is -0.208. The van der Waals surface area contributed by atoms with Crippen LogP contribution >= 0.6 is 0 Å². The van der Waals surface area contributed by atoms with E-state index in [0.29, 0.717) is 0 Å². The lowest BCUT2D eigenvalue weighted by atomic mass is 10.1. The fourth-order valence-electron chi connectivity index (χ4n) is 2.30. The molecule has 1 heterocycles. The highest BCUT2D eigenvalue weighted by molar-refractivity contribution is 5.76. The van der Waals surface area contributed by atoms with Crippen molar-refractivity contribution < 1.29 is 4.79 Å². The number of anilines is 1. The van der Waals surface area contributed by atoms with Crippen LogP contribution in [0, 0.1) is 5.92 Å². The molecule has 0 spiro atoms. The Balaban J connectivity index is 1.83. The van der Waals surface area contributed by atoms with Gasteiger partial charge in [0, 0.05) is 44.3 Å². The van der Waals surface area contributed by atoms with Crippen LogP contribution in [-0.4, -0.2) is 43.5 Å². The van der Waals surface area contributed by atoms with Crippen molar-refractivity contribution >= 4 is 11.6 Å². The monoisotopic (exact) mass is 247 g/mol. The summed E-state index contributed by atoms with van der Waals surface area (Å²) in [4.78, 5) is 15.7. The molecule has 1 atom stereocenters. The summed E-state index contributed by atoms with van der Waals surface area (Å²) in [6.07, 6.45) is 0. The number of hydrogen-bond acceptors (Lipinski definition) is 3. The molecule has 1 saturated heterocycles. The van der Waals surface area contributed by atoms with Gasteiger partial charge in [0.2, 0.25) is 5.91 Å². The molecule has 2 rings (SSSR count). The summed E-state index contributed by atoms with van der Waals surface area (Å²) in [6.45, 7) is 6.67. The van der Waals surface area contributed by atoms with E-state index in [2.05, 4.69) is 34.1 Å². The van der Waals surface area contributed by atoms with E-state index in [1.807, 2.05) is 13.0 Å². The Morgan fingerprint density at radius 3 is 2.39 bits per heavy atom. The van der Waals surface area contributed by atoms with Crippen molar-refractivity contribution in [3.63, 3.8) is 0 Å². The van der Waals surface area contributed by atoms with Crippen LogP contribution in [0.1, 0.15) is 6.92 Å². The van der Waals surface area contributed by atoms with E-state index in [4.69, 9.17) is 5.73 Å². The predicted octanol–water partition coefficient (Wildman–Crippen LogP) is 0.930. The number of carbonyl (C=O) groups is 1. The zero-order chi connectivity index (χ0) is 13.0. The maximum atomic E-state index is 11.0. The second kappa shape index (κ2) is 5.87. The Labute approximate surface area is 108 Å². The Hall–Kier alpha value is -1.55. The summed E-state index contributed by atoms with van der Waals surface area (Å²) >= 11 is 0. The molecule has 2 N–H and O–H groups in total. The first-order valence-corrected chi connectivity index (χ1v) is 6.48. The van der Waals surface area contributed by atoms with Gasteiger partial charge >= 0.3 is 0 Å². The van der Waals surface area contributed by atoms with E-state index in [-0.39, 0.29) is 11.8 Å². The molecular formula is C14H21N3O. The van der Waals surface area contributed by atoms with Gasteiger partial charge in [0.1, 0.15) is 0 Å². The zero-order valence-corrected chi connectivity index (χ0v) is 10.9. The first kappa shape index (κ1) is 12.9. The summed E-state index contributed by atoms with van der Waals surface area (Å²) in [5.41, 5.74) is 6.57. The smallest absolute Gasteiger partial charge is 0.221 e. The third-order valence-electron chi connectivity index (χ3n) is 3.51. The summed E-state index contributed by atoms with van der Waals surface area (Å²) in [5.74, 6) is -0.270. The van der Waals surface area contributed by atoms with E-state index in [1.165, 1.54) is 5.69 Å². The van der Waals surface area contributed by atoms with Crippen molar-refractivity contribution in [2.24, 2.45) is 11.7 Å². The molecular weight excluding hydrogens is 226 g/mol. The van der Waals surface area contributed by atoms with Gasteiger partial charge in [0.15, 0.2) is 0 Å². The lowest BCUT2D eigenvalue weighted by Crippen LogP contribution is -2.48. The van der Waals surface area contributed by atoms with Crippen LogP contribution in [0.25, 0.3) is 0 Å². The molecule has 1 unspecified atom stereocenters. The van der Waals surface area contributed by atoms with Crippen LogP contribution < -0.4 is 10.6 Å². The van der Waals surface area contributed by atoms with Gasteiger partial charge in [0.05, 0.1) is 0 Å². The van der Waals surface area contributed by atoms with Crippen molar-refractivity contribution in [2.45, 2.75) is 6.92 Å². The quantitative estimate of drug-likeness (QED) is 0.861. The molecule has 98 valence electrons. The summed E-state index contributed by atoms with van der Waals surface area (Å²) in [6, 6.07) is 10.4. The van der Waals surface area contributed by atoms with Gasteiger partial charge in [0.25, 0.3) is 0 Å². The van der Waals surface area contributed by atoms with Crippen LogP contribution in [0.2, 0.25) is 0 Å². The Morgan fingerprint density at radius 1 is 1.22 bits per heavy atom. The molecule has 0 aliphatic carbocycles. The number of primary amides is 1. The molecule has 1 aromatic rings. The van der Waals surface area contributed by atoms with Gasteiger partial charge in [-0.3, -0.25) is 9.69 Å². The van der Waals surface area contributed by atoms with E-state index in [0.717, 1.165) is 32.7 Å². The second-order valence-electron chi connectivity index (χ2n) is 4.93. The molecule has 1 aliphatic heterocycles. The minimum Gasteiger partial charge on any atom is -0.369 e. The Morgan fingerprint density at radius 2 is 1.83 bits per heavy atom. The van der Waals surface area contributed by atoms with Gasteiger partial charge in [-0.1, -0.05) is 25.1 Å². The molecule has 0 saturated carbocycles. The fourth-order valence-corrected chi connectivity index (χ4v) is 2.30. The number of piperazine rings is 1. The zero-order valence-electron chi connectivity index (χ0n) is 10.9. The Bertz CT molecular complexity index is 385. The molecule has 1 fully saturated rings. The first-order valence-electron chi connectivity index (χ1n) is 6.48. The van der Waals surface area contributed by atoms with Gasteiger partial charge in [-0.15, -0.1) is 0 Å². The van der Waals surface area contributed by atoms with Crippen LogP contribution in [0.5, 0.6) is 0 Å². The van der Waals surface area contributed by atoms with Crippen molar-refractivity contribution in [1.82, 2.24) is 4.90 Å². The van der Waals surface area contributed by atoms with Crippen LogP contribution in [0.3, 0.4) is 0 Å². The summed E-state index contributed by atoms with van der Waals surface area (Å²) < 4.78 is 0. The normalized spacial score (nSPS) is 18.6. The van der Waals surface area contributed by atoms with Crippen molar-refractivity contribution in [1.29, 1.82) is 0 Å². The SMILES string of the molecule is CC(CN1CCN(c2ccccc2)CC1)C(N)=O. The minimum absolute atomic E-state index is 0.0618. The lowest BCUT2D eigenvalue weighted by Gasteiger charge is -2.36. The molecule has 4 nitrogen and oxygen atoms in total. The van der Waals surface area contributed by atoms with Crippen molar-refractivity contribution in [3.8, 4) is 0 Å². The highest BCUT2D eigenvalue weighted by Crippen LogP contribution is 2.15. The summed E-state index contributed by atoms with van der Waals surface area (Å²) in [7, 11) is 0. The van der Waals surface area contributed by atoms with E-state index >= 15 is 0 Å². The number of hydrogen-bond donors (Lipinski definition) is 1. The standard InChI is InChI=1S/C14H21N3O/c1-12(14(15)18)11-16-7-9-17(10-8-16)13-5-3-2-4-6-13/h2-6,12H,7-11H2,1H3,(H2,15,18). The molecule has 1 aromatic carbocycles. The number of nitrogens with two attached hydrogens (primary N) is 1. The van der Waals surface area contributed by atoms with E-state index in [9.17, 15) is 4.79 Å². The third-order valence-corrected chi connectivity index (χ3v) is 3.51. The highest BCUT2D eigenvalue weighted by atomic mass is 16.1. The second-order valence-corrected chi connectivity index (χ2v) is 4.93. The van der Waals surface area contributed by atoms with Crippen LogP contribution in [0.15, 0.2) is 30.3 Å². The molecule has 4 heteroatoms. The van der Waals surface area contributed by atoms with Gasteiger partial charge < -0.3 is 10.6 Å². The van der Waals surface area contributed by atoms with Gasteiger partial charge in [-0.2, -0.15) is 0 Å². The van der Waals surface area contributed by atoms with Gasteiger partial charge in [-0.05, 0) is 12.1 Å². The Kier molecular flexibility index (Phi) is 4.20. The molecule has 18 heavy (non-hydrogen) atoms. The maximum Gasteiger partial charge on any atom is 0.221 e. The lowest BCUT2D eigenvalue weighted by molar-refractivity contribution is -0.121. The number of nitrogens with zero attached hydrogens (tertiary/aromatic N) is 2. The number of benzene rings is 1. The third kappa shape index (κ3) is 3.23. The van der Waals surface area contributed by atoms with E-state index in [1.54, 1.807) is 0 Å².